The van der Waals surface area contributed by atoms with Gasteiger partial charge in [-0.1, -0.05) is 30.7 Å². The van der Waals surface area contributed by atoms with Crippen LogP contribution in [0.15, 0.2) is 24.3 Å². The molecule has 0 heterocycles. The number of benzene rings is 1. The summed E-state index contributed by atoms with van der Waals surface area (Å²) in [5.41, 5.74) is 2.62. The van der Waals surface area contributed by atoms with Gasteiger partial charge in [0.2, 0.25) is 0 Å². The summed E-state index contributed by atoms with van der Waals surface area (Å²) in [7, 11) is 0. The van der Waals surface area contributed by atoms with Crippen molar-refractivity contribution in [1.29, 1.82) is 0 Å². The molecule has 28 heavy (non-hydrogen) atoms. The average molecular weight is 390 g/mol. The zero-order valence-electron chi connectivity index (χ0n) is 17.6. The predicted molar refractivity (Wildman–Crippen MR) is 112 cm³/mol. The van der Waals surface area contributed by atoms with E-state index in [0.29, 0.717) is 6.42 Å². The molecule has 0 aliphatic carbocycles. The molecule has 1 aromatic carbocycles. The highest BCUT2D eigenvalue weighted by Crippen LogP contribution is 2.06. The summed E-state index contributed by atoms with van der Waals surface area (Å²) >= 11 is 0. The zero-order valence-corrected chi connectivity index (χ0v) is 17.6. The minimum atomic E-state index is -0.609. The SMILES string of the molecule is CC(=O)CCC(NC(=O)NC(C)CCCCNCc1ccccc1C)C(C)=O. The second-order valence-electron chi connectivity index (χ2n) is 7.52. The third-order valence-electron chi connectivity index (χ3n) is 4.78. The fourth-order valence-corrected chi connectivity index (χ4v) is 2.95. The molecule has 0 radical (unpaired) electrons. The maximum absolute atomic E-state index is 12.1. The Morgan fingerprint density at radius 1 is 1.00 bits per heavy atom. The van der Waals surface area contributed by atoms with Gasteiger partial charge in [0.1, 0.15) is 5.78 Å². The molecular weight excluding hydrogens is 354 g/mol. The first kappa shape index (κ1) is 23.8. The lowest BCUT2D eigenvalue weighted by Gasteiger charge is -2.19. The number of nitrogens with one attached hydrogen (secondary N) is 3. The molecule has 2 unspecified atom stereocenters. The molecule has 6 nitrogen and oxygen atoms in total. The number of amides is 2. The first-order chi connectivity index (χ1) is 13.3. The van der Waals surface area contributed by atoms with Crippen LogP contribution in [-0.4, -0.2) is 36.2 Å². The van der Waals surface area contributed by atoms with E-state index < -0.39 is 6.04 Å². The molecule has 0 saturated carbocycles. The van der Waals surface area contributed by atoms with Gasteiger partial charge in [-0.2, -0.15) is 0 Å². The fraction of sp³-hybridized carbons (Fsp3) is 0.591. The Morgan fingerprint density at radius 3 is 2.36 bits per heavy atom. The Labute approximate surface area is 168 Å². The van der Waals surface area contributed by atoms with Crippen LogP contribution in [0.3, 0.4) is 0 Å². The largest absolute Gasteiger partial charge is 0.336 e. The monoisotopic (exact) mass is 389 g/mol. The third kappa shape index (κ3) is 10.2. The van der Waals surface area contributed by atoms with Crippen LogP contribution in [0.4, 0.5) is 4.79 Å². The molecule has 1 rings (SSSR count). The molecule has 0 spiro atoms. The van der Waals surface area contributed by atoms with E-state index in [9.17, 15) is 14.4 Å². The minimum Gasteiger partial charge on any atom is -0.336 e. The van der Waals surface area contributed by atoms with Gasteiger partial charge in [-0.15, -0.1) is 0 Å². The fourth-order valence-electron chi connectivity index (χ4n) is 2.95. The molecule has 156 valence electrons. The highest BCUT2D eigenvalue weighted by molar-refractivity contribution is 5.87. The molecule has 0 bridgehead atoms. The van der Waals surface area contributed by atoms with E-state index in [4.69, 9.17) is 0 Å². The van der Waals surface area contributed by atoms with Crippen LogP contribution < -0.4 is 16.0 Å². The highest BCUT2D eigenvalue weighted by Gasteiger charge is 2.18. The molecular formula is C22H35N3O3. The molecule has 2 amide bonds. The van der Waals surface area contributed by atoms with Crippen molar-refractivity contribution < 1.29 is 14.4 Å². The van der Waals surface area contributed by atoms with Crippen molar-refractivity contribution in [2.24, 2.45) is 0 Å². The van der Waals surface area contributed by atoms with E-state index in [-0.39, 0.29) is 30.1 Å². The summed E-state index contributed by atoms with van der Waals surface area (Å²) in [6.45, 7) is 8.79. The maximum atomic E-state index is 12.1. The number of ketones is 2. The molecule has 0 fully saturated rings. The summed E-state index contributed by atoms with van der Waals surface area (Å²) < 4.78 is 0. The van der Waals surface area contributed by atoms with E-state index in [2.05, 4.69) is 41.1 Å². The van der Waals surface area contributed by atoms with Crippen LogP contribution in [-0.2, 0) is 16.1 Å². The van der Waals surface area contributed by atoms with Gasteiger partial charge in [-0.3, -0.25) is 4.79 Å². The lowest BCUT2D eigenvalue weighted by molar-refractivity contribution is -0.119. The third-order valence-corrected chi connectivity index (χ3v) is 4.78. The summed E-state index contributed by atoms with van der Waals surface area (Å²) in [5, 5.41) is 9.00. The van der Waals surface area contributed by atoms with Crippen LogP contribution >= 0.6 is 0 Å². The summed E-state index contributed by atoms with van der Waals surface area (Å²) in [6, 6.07) is 7.42. The van der Waals surface area contributed by atoms with E-state index >= 15 is 0 Å². The lowest BCUT2D eigenvalue weighted by atomic mass is 10.1. The van der Waals surface area contributed by atoms with Crippen molar-refractivity contribution in [3.8, 4) is 0 Å². The highest BCUT2D eigenvalue weighted by atomic mass is 16.2. The normalized spacial score (nSPS) is 12.9. The van der Waals surface area contributed by atoms with Crippen molar-refractivity contribution in [2.75, 3.05) is 6.54 Å². The Kier molecular flexibility index (Phi) is 11.1. The van der Waals surface area contributed by atoms with Crippen LogP contribution in [0.1, 0.15) is 64.0 Å². The van der Waals surface area contributed by atoms with Crippen molar-refractivity contribution >= 4 is 17.6 Å². The van der Waals surface area contributed by atoms with Crippen LogP contribution in [0.25, 0.3) is 0 Å². The standard InChI is InChI=1S/C22H35N3O3/c1-16-9-5-6-11-20(16)15-23-14-8-7-10-17(2)24-22(28)25-21(19(4)27)13-12-18(3)26/h5-6,9,11,17,21,23H,7-8,10,12-15H2,1-4H3,(H2,24,25,28). The number of rotatable bonds is 13. The van der Waals surface area contributed by atoms with E-state index in [0.717, 1.165) is 32.4 Å². The van der Waals surface area contributed by atoms with Crippen molar-refractivity contribution in [2.45, 2.75) is 78.4 Å². The number of unbranched alkanes of at least 4 members (excludes halogenated alkanes) is 1. The van der Waals surface area contributed by atoms with Gasteiger partial charge in [-0.05, 0) is 64.6 Å². The Balaban J connectivity index is 2.18. The predicted octanol–water partition coefficient (Wildman–Crippen LogP) is 3.27. The molecule has 0 aliphatic heterocycles. The number of urea groups is 1. The quantitative estimate of drug-likeness (QED) is 0.452. The Hall–Kier alpha value is -2.21. The van der Waals surface area contributed by atoms with E-state index in [1.807, 2.05) is 13.0 Å². The number of carbonyl (C=O) groups excluding carboxylic acids is 3. The number of hydrogen-bond donors (Lipinski definition) is 3. The van der Waals surface area contributed by atoms with E-state index in [1.54, 1.807) is 0 Å². The molecule has 1 aromatic rings. The van der Waals surface area contributed by atoms with Crippen molar-refractivity contribution in [3.63, 3.8) is 0 Å². The Bertz CT molecular complexity index is 646. The minimum absolute atomic E-state index is 0.0119. The van der Waals surface area contributed by atoms with Gasteiger partial charge in [0.15, 0.2) is 5.78 Å². The summed E-state index contributed by atoms with van der Waals surface area (Å²) in [5.74, 6) is -0.123. The number of aryl methyl sites for hydroxylation is 1. The van der Waals surface area contributed by atoms with E-state index in [1.165, 1.54) is 25.0 Å². The van der Waals surface area contributed by atoms with Crippen LogP contribution in [0.2, 0.25) is 0 Å². The number of hydrogen-bond acceptors (Lipinski definition) is 4. The van der Waals surface area contributed by atoms with Crippen molar-refractivity contribution in [1.82, 2.24) is 16.0 Å². The molecule has 0 aliphatic rings. The smallest absolute Gasteiger partial charge is 0.315 e. The van der Waals surface area contributed by atoms with Gasteiger partial charge in [0.05, 0.1) is 6.04 Å². The van der Waals surface area contributed by atoms with Gasteiger partial charge in [-0.25, -0.2) is 4.79 Å². The zero-order chi connectivity index (χ0) is 20.9. The topological polar surface area (TPSA) is 87.3 Å². The second-order valence-corrected chi connectivity index (χ2v) is 7.52. The lowest BCUT2D eigenvalue weighted by Crippen LogP contribution is -2.48. The molecule has 3 N–H and O–H groups in total. The van der Waals surface area contributed by atoms with Gasteiger partial charge >= 0.3 is 6.03 Å². The van der Waals surface area contributed by atoms with Gasteiger partial charge in [0, 0.05) is 19.0 Å². The Morgan fingerprint density at radius 2 is 1.71 bits per heavy atom. The van der Waals surface area contributed by atoms with Gasteiger partial charge < -0.3 is 20.7 Å². The van der Waals surface area contributed by atoms with Gasteiger partial charge in [0.25, 0.3) is 0 Å². The van der Waals surface area contributed by atoms with Crippen LogP contribution in [0.5, 0.6) is 0 Å². The first-order valence-electron chi connectivity index (χ1n) is 10.1. The number of Topliss-reactive ketones (excluding diaryl/α,β-unsaturated/α-hetero) is 2. The summed E-state index contributed by atoms with van der Waals surface area (Å²) in [4.78, 5) is 34.8. The molecule has 0 aromatic heterocycles. The average Bonchev–Trinajstić information content (AvgIpc) is 2.62. The second kappa shape index (κ2) is 13.0. The first-order valence-corrected chi connectivity index (χ1v) is 10.1. The van der Waals surface area contributed by atoms with Crippen LogP contribution in [0, 0.1) is 6.92 Å². The van der Waals surface area contributed by atoms with Crippen molar-refractivity contribution in [3.05, 3.63) is 35.4 Å². The summed E-state index contributed by atoms with van der Waals surface area (Å²) in [6.07, 6.45) is 3.54. The molecule has 2 atom stereocenters. The maximum Gasteiger partial charge on any atom is 0.315 e. The molecule has 6 heteroatoms. The number of carbonyl (C=O) groups is 3. The molecule has 0 saturated heterocycles.